The number of aliphatic hydroxyl groups is 1. The van der Waals surface area contributed by atoms with Gasteiger partial charge in [-0.15, -0.1) is 0 Å². The van der Waals surface area contributed by atoms with Crippen LogP contribution in [0, 0.1) is 17.8 Å². The predicted octanol–water partition coefficient (Wildman–Crippen LogP) is 5.88. The van der Waals surface area contributed by atoms with Gasteiger partial charge in [-0.3, -0.25) is 9.59 Å². The number of aliphatic hydroxyl groups excluding tert-OH is 1. The molecule has 0 aromatic heterocycles. The molecule has 3 amide bonds. The summed E-state index contributed by atoms with van der Waals surface area (Å²) >= 11 is 0. The second-order valence-corrected chi connectivity index (χ2v) is 16.8. The first kappa shape index (κ1) is 40.1. The van der Waals surface area contributed by atoms with Gasteiger partial charge >= 0.3 is 6.09 Å². The number of hydrogen-bond donors (Lipinski definition) is 2. The van der Waals surface area contributed by atoms with Crippen molar-refractivity contribution < 1.29 is 38.4 Å². The van der Waals surface area contributed by atoms with Gasteiger partial charge in [-0.2, -0.15) is 0 Å². The molecule has 2 heterocycles. The number of piperidine rings is 1. The number of likely N-dealkylation sites (tertiary alicyclic amines) is 1. The Balaban J connectivity index is 1.40. The monoisotopic (exact) mass is 728 g/mol. The maximum absolute atomic E-state index is 14.7. The molecule has 1 saturated heterocycles. The lowest BCUT2D eigenvalue weighted by molar-refractivity contribution is -0.131. The molecule has 2 unspecified atom stereocenters. The molecule has 12 nitrogen and oxygen atoms in total. The Bertz CT molecular complexity index is 1370. The standard InChI is InChI=1S/C40H64N4O8/c1-8-50-26-30(21-27-13-10-9-11-14-27)41-35(45)28-22-29(25-42(24-28)38(48)52-39(2,3)4)36(46)44(31-15-16-31)32-17-18-34-33(23-32)43(19-12-20-49-7)37(47)40(5,6)51-34/h17-18,23,27-31,37,47H,8-16,19-22,24-26H2,1-7H3,(H,41,45)/t28-,29+,30?,37?/m0/s1. The summed E-state index contributed by atoms with van der Waals surface area (Å²) in [6.45, 7) is 13.6. The highest BCUT2D eigenvalue weighted by molar-refractivity contribution is 5.98. The lowest BCUT2D eigenvalue weighted by atomic mass is 9.84. The Labute approximate surface area is 310 Å². The first-order valence-corrected chi connectivity index (χ1v) is 19.7. The van der Waals surface area contributed by atoms with E-state index in [1.165, 1.54) is 32.1 Å². The van der Waals surface area contributed by atoms with Gasteiger partial charge in [-0.1, -0.05) is 32.1 Å². The molecular formula is C40H64N4O8. The lowest BCUT2D eigenvalue weighted by Gasteiger charge is -2.45. The van der Waals surface area contributed by atoms with Gasteiger partial charge in [0, 0.05) is 51.7 Å². The van der Waals surface area contributed by atoms with Crippen molar-refractivity contribution >= 4 is 29.3 Å². The molecule has 3 fully saturated rings. The topological polar surface area (TPSA) is 130 Å². The fourth-order valence-corrected chi connectivity index (χ4v) is 8.00. The molecule has 2 N–H and O–H groups in total. The highest BCUT2D eigenvalue weighted by Gasteiger charge is 2.45. The van der Waals surface area contributed by atoms with E-state index in [2.05, 4.69) is 5.32 Å². The van der Waals surface area contributed by atoms with Gasteiger partial charge in [-0.25, -0.2) is 4.79 Å². The van der Waals surface area contributed by atoms with Crippen molar-refractivity contribution in [2.24, 2.45) is 17.8 Å². The predicted molar refractivity (Wildman–Crippen MR) is 201 cm³/mol. The molecule has 4 aliphatic rings. The van der Waals surface area contributed by atoms with Gasteiger partial charge in [0.2, 0.25) is 11.8 Å². The summed E-state index contributed by atoms with van der Waals surface area (Å²) in [5, 5.41) is 14.6. The van der Waals surface area contributed by atoms with E-state index in [0.29, 0.717) is 62.2 Å². The maximum atomic E-state index is 14.7. The molecule has 0 bridgehead atoms. The Morgan fingerprint density at radius 3 is 2.44 bits per heavy atom. The fourth-order valence-electron chi connectivity index (χ4n) is 8.00. The van der Waals surface area contributed by atoms with E-state index < -0.39 is 35.4 Å². The summed E-state index contributed by atoms with van der Waals surface area (Å²) < 4.78 is 23.1. The molecule has 2 aliphatic carbocycles. The van der Waals surface area contributed by atoms with Gasteiger partial charge in [0.1, 0.15) is 17.0 Å². The second kappa shape index (κ2) is 17.4. The van der Waals surface area contributed by atoms with Crippen molar-refractivity contribution in [2.45, 2.75) is 135 Å². The molecule has 2 aliphatic heterocycles. The van der Waals surface area contributed by atoms with Gasteiger partial charge in [-0.05, 0) is 97.8 Å². The van der Waals surface area contributed by atoms with E-state index in [1.54, 1.807) is 12.0 Å². The third-order valence-electron chi connectivity index (χ3n) is 10.8. The summed E-state index contributed by atoms with van der Waals surface area (Å²) in [7, 11) is 1.66. The van der Waals surface area contributed by atoms with Crippen molar-refractivity contribution in [3.8, 4) is 5.75 Å². The normalized spacial score (nSPS) is 24.0. The zero-order valence-electron chi connectivity index (χ0n) is 32.7. The van der Waals surface area contributed by atoms with Crippen LogP contribution in [-0.2, 0) is 23.8 Å². The van der Waals surface area contributed by atoms with E-state index >= 15 is 0 Å². The Kier molecular flexibility index (Phi) is 13.4. The number of methoxy groups -OCH3 is 1. The van der Waals surface area contributed by atoms with Crippen molar-refractivity contribution in [2.75, 3.05) is 56.4 Å². The molecule has 4 atom stereocenters. The zero-order valence-corrected chi connectivity index (χ0v) is 32.7. The average molecular weight is 729 g/mol. The molecular weight excluding hydrogens is 664 g/mol. The first-order valence-electron chi connectivity index (χ1n) is 19.7. The minimum atomic E-state index is -0.901. The number of rotatable bonds is 14. The van der Waals surface area contributed by atoms with Crippen LogP contribution < -0.4 is 19.9 Å². The van der Waals surface area contributed by atoms with Crippen molar-refractivity contribution in [3.05, 3.63) is 18.2 Å². The number of fused-ring (bicyclic) bond motifs is 1. The number of carbonyl (C=O) groups excluding carboxylic acids is 3. The minimum absolute atomic E-state index is 0.00797. The van der Waals surface area contributed by atoms with E-state index in [9.17, 15) is 19.5 Å². The minimum Gasteiger partial charge on any atom is -0.481 e. The number of hydrogen-bond acceptors (Lipinski definition) is 9. The van der Waals surface area contributed by atoms with Gasteiger partial charge in [0.15, 0.2) is 6.23 Å². The third-order valence-corrected chi connectivity index (χ3v) is 10.8. The summed E-state index contributed by atoms with van der Waals surface area (Å²) in [5.41, 5.74) is -0.144. The van der Waals surface area contributed by atoms with E-state index in [0.717, 1.165) is 19.3 Å². The lowest BCUT2D eigenvalue weighted by Crippen LogP contribution is -2.56. The molecule has 2 saturated carbocycles. The molecule has 1 aromatic rings. The fraction of sp³-hybridized carbons (Fsp3) is 0.775. The third kappa shape index (κ3) is 10.3. The van der Waals surface area contributed by atoms with Crippen LogP contribution in [0.2, 0.25) is 0 Å². The number of benzene rings is 1. The summed E-state index contributed by atoms with van der Waals surface area (Å²) in [5.74, 6) is -0.284. The van der Waals surface area contributed by atoms with Crippen LogP contribution in [0.4, 0.5) is 16.2 Å². The van der Waals surface area contributed by atoms with Crippen LogP contribution in [0.3, 0.4) is 0 Å². The highest BCUT2D eigenvalue weighted by Crippen LogP contribution is 2.44. The molecule has 0 radical (unpaired) electrons. The van der Waals surface area contributed by atoms with E-state index in [1.807, 2.05) is 69.5 Å². The molecule has 52 heavy (non-hydrogen) atoms. The van der Waals surface area contributed by atoms with Crippen molar-refractivity contribution in [1.82, 2.24) is 10.2 Å². The molecule has 0 spiro atoms. The largest absolute Gasteiger partial charge is 0.481 e. The van der Waals surface area contributed by atoms with E-state index in [-0.39, 0.29) is 37.0 Å². The van der Waals surface area contributed by atoms with Gasteiger partial charge < -0.3 is 44.1 Å². The van der Waals surface area contributed by atoms with Crippen LogP contribution in [0.15, 0.2) is 18.2 Å². The van der Waals surface area contributed by atoms with Crippen LogP contribution in [0.25, 0.3) is 0 Å². The molecule has 12 heteroatoms. The number of nitrogens with one attached hydrogen (secondary N) is 1. The Morgan fingerprint density at radius 1 is 1.08 bits per heavy atom. The number of ether oxygens (including phenoxy) is 4. The molecule has 1 aromatic carbocycles. The maximum Gasteiger partial charge on any atom is 0.410 e. The van der Waals surface area contributed by atoms with Crippen LogP contribution >= 0.6 is 0 Å². The summed E-state index contributed by atoms with van der Waals surface area (Å²) in [4.78, 5) is 47.7. The number of amides is 3. The van der Waals surface area contributed by atoms with Crippen LogP contribution in [0.1, 0.15) is 106 Å². The first-order chi connectivity index (χ1) is 24.7. The van der Waals surface area contributed by atoms with Crippen molar-refractivity contribution in [1.29, 1.82) is 0 Å². The molecule has 292 valence electrons. The van der Waals surface area contributed by atoms with Gasteiger partial charge in [0.25, 0.3) is 0 Å². The van der Waals surface area contributed by atoms with Crippen LogP contribution in [-0.4, -0.2) is 104 Å². The molecule has 5 rings (SSSR count). The quantitative estimate of drug-likeness (QED) is 0.226. The zero-order chi connectivity index (χ0) is 37.6. The number of anilines is 2. The number of nitrogens with zero attached hydrogens (tertiary/aromatic N) is 3. The van der Waals surface area contributed by atoms with Gasteiger partial charge in [0.05, 0.1) is 30.2 Å². The number of carbonyl (C=O) groups is 3. The Hall–Kier alpha value is -3.09. The summed E-state index contributed by atoms with van der Waals surface area (Å²) in [6.07, 6.45) is 8.22. The SMILES string of the molecule is CCOCC(CC1CCCCC1)NC(=O)[C@H]1C[C@@H](C(=O)N(c2ccc3c(c2)N(CCCOC)C(O)C(C)(C)O3)C2CC2)CN(C(=O)OC(C)(C)C)C1. The average Bonchev–Trinajstić information content (AvgIpc) is 3.94. The smallest absolute Gasteiger partial charge is 0.410 e. The van der Waals surface area contributed by atoms with Crippen molar-refractivity contribution in [3.63, 3.8) is 0 Å². The van der Waals surface area contributed by atoms with E-state index in [4.69, 9.17) is 18.9 Å². The summed E-state index contributed by atoms with van der Waals surface area (Å²) in [6, 6.07) is 5.58. The highest BCUT2D eigenvalue weighted by atomic mass is 16.6. The Morgan fingerprint density at radius 2 is 1.79 bits per heavy atom. The van der Waals surface area contributed by atoms with Crippen LogP contribution in [0.5, 0.6) is 5.75 Å². The second-order valence-electron chi connectivity index (χ2n) is 16.8.